The number of nitrogens with one attached hydrogen (secondary N) is 2. The lowest BCUT2D eigenvalue weighted by Crippen LogP contribution is -2.44. The predicted octanol–water partition coefficient (Wildman–Crippen LogP) is 5.04. The van der Waals surface area contributed by atoms with Gasteiger partial charge in [-0.1, -0.05) is 36.8 Å². The van der Waals surface area contributed by atoms with E-state index < -0.39 is 15.8 Å². The van der Waals surface area contributed by atoms with E-state index in [4.69, 9.17) is 5.73 Å². The molecule has 4 rings (SSSR count). The van der Waals surface area contributed by atoms with Crippen LogP contribution in [-0.4, -0.2) is 43.7 Å². The fraction of sp³-hybridized carbons (Fsp3) is 0.414. The Kier molecular flexibility index (Phi) is 16.1. The minimum absolute atomic E-state index is 0. The zero-order valence-corrected chi connectivity index (χ0v) is 26.0. The van der Waals surface area contributed by atoms with Crippen molar-refractivity contribution in [2.45, 2.75) is 62.3 Å². The molecule has 0 saturated carbocycles. The van der Waals surface area contributed by atoms with Crippen LogP contribution in [0.1, 0.15) is 53.9 Å². The molecule has 12 heteroatoms. The molecule has 0 spiro atoms. The molecule has 0 amide bonds. The van der Waals surface area contributed by atoms with Gasteiger partial charge in [0.1, 0.15) is 11.6 Å². The third-order valence-electron chi connectivity index (χ3n) is 7.18. The van der Waals surface area contributed by atoms with Crippen LogP contribution in [0.5, 0.6) is 5.75 Å². The number of rotatable bonds is 13. The van der Waals surface area contributed by atoms with Crippen LogP contribution in [0.25, 0.3) is 0 Å². The molecule has 1 aliphatic rings. The number of aryl methyl sites for hydroxylation is 1. The number of unbranched alkanes of at least 4 members (excludes halogenated alkanes) is 1. The predicted molar refractivity (Wildman–Crippen MR) is 169 cm³/mol. The topological polar surface area (TPSA) is 117 Å². The molecular weight excluding hydrogens is 610 g/mol. The number of hydrogen-bond donors (Lipinski definition) is 4. The van der Waals surface area contributed by atoms with Crippen LogP contribution in [-0.2, 0) is 28.6 Å². The van der Waals surface area contributed by atoms with Gasteiger partial charge in [-0.05, 0) is 73.1 Å². The second-order valence-electron chi connectivity index (χ2n) is 10.1. The van der Waals surface area contributed by atoms with Gasteiger partial charge in [0.25, 0.3) is 0 Å². The first-order valence-electron chi connectivity index (χ1n) is 13.2. The van der Waals surface area contributed by atoms with Crippen LogP contribution in [0, 0.1) is 5.82 Å². The molecular formula is C29H40Cl3FN4O3S. The van der Waals surface area contributed by atoms with E-state index in [-0.39, 0.29) is 66.5 Å². The van der Waals surface area contributed by atoms with Gasteiger partial charge in [0.2, 0.25) is 10.0 Å². The number of pyridine rings is 1. The number of sulfonamides is 1. The normalized spacial score (nSPS) is 16.8. The lowest BCUT2D eigenvalue weighted by atomic mass is 9.76. The van der Waals surface area contributed by atoms with Gasteiger partial charge in [0.15, 0.2) is 0 Å². The second-order valence-corrected chi connectivity index (χ2v) is 11.9. The first kappa shape index (κ1) is 37.0. The van der Waals surface area contributed by atoms with Gasteiger partial charge in [-0.3, -0.25) is 4.98 Å². The molecule has 1 unspecified atom stereocenters. The Morgan fingerprint density at radius 2 is 1.85 bits per heavy atom. The summed E-state index contributed by atoms with van der Waals surface area (Å²) in [7, 11) is -3.60. The minimum atomic E-state index is -3.60. The van der Waals surface area contributed by atoms with Crippen molar-refractivity contribution in [3.8, 4) is 5.75 Å². The second kappa shape index (κ2) is 17.9. The smallest absolute Gasteiger partial charge is 0.215 e. The number of aromatic nitrogens is 1. The van der Waals surface area contributed by atoms with Crippen LogP contribution in [0.2, 0.25) is 0 Å². The number of hydrogen-bond acceptors (Lipinski definition) is 6. The van der Waals surface area contributed by atoms with E-state index in [0.29, 0.717) is 25.3 Å². The van der Waals surface area contributed by atoms with Gasteiger partial charge in [0, 0.05) is 49.0 Å². The van der Waals surface area contributed by atoms with Crippen molar-refractivity contribution >= 4 is 47.2 Å². The number of nitrogens with zero attached hydrogens (tertiary/aromatic N) is 1. The fourth-order valence-corrected chi connectivity index (χ4v) is 6.40. The lowest BCUT2D eigenvalue weighted by Gasteiger charge is -2.35. The molecule has 1 aliphatic carbocycles. The van der Waals surface area contributed by atoms with Gasteiger partial charge in [-0.15, -0.1) is 37.2 Å². The number of fused-ring (bicyclic) bond motifs is 1. The number of aromatic hydroxyl groups is 1. The van der Waals surface area contributed by atoms with Crippen LogP contribution >= 0.6 is 37.2 Å². The van der Waals surface area contributed by atoms with Crippen molar-refractivity contribution in [2.75, 3.05) is 13.1 Å². The molecule has 41 heavy (non-hydrogen) atoms. The summed E-state index contributed by atoms with van der Waals surface area (Å²) in [6.45, 7) is 0.969. The monoisotopic (exact) mass is 648 g/mol. The van der Waals surface area contributed by atoms with Crippen molar-refractivity contribution in [1.29, 1.82) is 0 Å². The molecule has 0 saturated heterocycles. The number of benzene rings is 2. The zero-order chi connectivity index (χ0) is 27.0. The quantitative estimate of drug-likeness (QED) is 0.193. The lowest BCUT2D eigenvalue weighted by molar-refractivity contribution is 0.366. The number of halogens is 4. The summed E-state index contributed by atoms with van der Waals surface area (Å²) in [5.41, 5.74) is 10.2. The van der Waals surface area contributed by atoms with Gasteiger partial charge in [0.05, 0.1) is 5.75 Å². The third-order valence-corrected chi connectivity index (χ3v) is 8.52. The summed E-state index contributed by atoms with van der Waals surface area (Å²) in [6.07, 6.45) is 8.61. The minimum Gasteiger partial charge on any atom is -0.508 e. The van der Waals surface area contributed by atoms with Crippen LogP contribution in [0.4, 0.5) is 4.39 Å². The van der Waals surface area contributed by atoms with E-state index in [1.54, 1.807) is 18.3 Å². The van der Waals surface area contributed by atoms with Crippen LogP contribution in [0.15, 0.2) is 67.0 Å². The van der Waals surface area contributed by atoms with E-state index in [2.05, 4.69) is 21.1 Å². The van der Waals surface area contributed by atoms with Gasteiger partial charge >= 0.3 is 0 Å². The maximum absolute atomic E-state index is 13.8. The Labute approximate surface area is 261 Å². The summed E-state index contributed by atoms with van der Waals surface area (Å²) in [5.74, 6) is -0.335. The van der Waals surface area contributed by atoms with E-state index in [1.807, 2.05) is 24.4 Å². The first-order valence-corrected chi connectivity index (χ1v) is 14.9. The molecule has 2 aromatic carbocycles. The molecule has 3 aromatic rings. The first-order chi connectivity index (χ1) is 18.3. The van der Waals surface area contributed by atoms with Crippen molar-refractivity contribution in [3.05, 3.63) is 95.1 Å². The van der Waals surface area contributed by atoms with Crippen molar-refractivity contribution in [1.82, 2.24) is 15.0 Å². The van der Waals surface area contributed by atoms with E-state index >= 15 is 0 Å². The molecule has 7 nitrogen and oxygen atoms in total. The Balaban J connectivity index is 0.00000280. The molecule has 0 aliphatic heterocycles. The van der Waals surface area contributed by atoms with Gasteiger partial charge < -0.3 is 16.2 Å². The summed E-state index contributed by atoms with van der Waals surface area (Å²) in [6, 6.07) is 15.8. The van der Waals surface area contributed by atoms with E-state index in [1.165, 1.54) is 34.9 Å². The van der Waals surface area contributed by atoms with Crippen LogP contribution in [0.3, 0.4) is 0 Å². The molecule has 0 bridgehead atoms. The molecule has 1 aromatic heterocycles. The highest BCUT2D eigenvalue weighted by Crippen LogP contribution is 2.36. The van der Waals surface area contributed by atoms with E-state index in [0.717, 1.165) is 32.1 Å². The summed E-state index contributed by atoms with van der Waals surface area (Å²) in [5, 5.41) is 13.6. The van der Waals surface area contributed by atoms with E-state index in [9.17, 15) is 17.9 Å². The summed E-state index contributed by atoms with van der Waals surface area (Å²) in [4.78, 5) is 4.27. The third kappa shape index (κ3) is 11.3. The molecule has 5 N–H and O–H groups in total. The Bertz CT molecular complexity index is 1310. The largest absolute Gasteiger partial charge is 0.508 e. The van der Waals surface area contributed by atoms with Crippen molar-refractivity contribution in [2.24, 2.45) is 5.73 Å². The highest BCUT2D eigenvalue weighted by atomic mass is 35.5. The molecule has 0 radical (unpaired) electrons. The highest BCUT2D eigenvalue weighted by Gasteiger charge is 2.30. The molecule has 3 atom stereocenters. The SMILES string of the molecule is Cl.Cl.Cl.NC(CCCCNS(=O)(=O)Cc1ccccc1F)CN[C@H]1CCc2cc(O)ccc2[C@H]1Cc1cccnc1. The average Bonchev–Trinajstić information content (AvgIpc) is 2.89. The van der Waals surface area contributed by atoms with Gasteiger partial charge in [-0.2, -0.15) is 0 Å². The highest BCUT2D eigenvalue weighted by molar-refractivity contribution is 7.88. The molecule has 0 fully saturated rings. The van der Waals surface area contributed by atoms with Crippen molar-refractivity contribution < 1.29 is 17.9 Å². The maximum Gasteiger partial charge on any atom is 0.215 e. The zero-order valence-electron chi connectivity index (χ0n) is 22.7. The Morgan fingerprint density at radius 3 is 2.59 bits per heavy atom. The van der Waals surface area contributed by atoms with Crippen molar-refractivity contribution in [3.63, 3.8) is 0 Å². The number of nitrogens with two attached hydrogens (primary N) is 1. The van der Waals surface area contributed by atoms with Gasteiger partial charge in [-0.25, -0.2) is 17.5 Å². The Hall–Kier alpha value is -1.98. The average molecular weight is 650 g/mol. The summed E-state index contributed by atoms with van der Waals surface area (Å²) < 4.78 is 40.8. The molecule has 1 heterocycles. The number of phenols is 1. The fourth-order valence-electron chi connectivity index (χ4n) is 5.20. The molecule has 228 valence electrons. The van der Waals surface area contributed by atoms with Crippen LogP contribution < -0.4 is 15.8 Å². The summed E-state index contributed by atoms with van der Waals surface area (Å²) >= 11 is 0. The number of phenolic OH excluding ortho intramolecular Hbond substituents is 1. The maximum atomic E-state index is 13.8. The standard InChI is InChI=1S/C29H37FN4O3S.3ClH/c30-28-9-2-1-7-23(28)20-38(36,37)34-15-4-3-8-24(31)19-33-29-13-10-22-17-25(35)11-12-26(22)27(29)16-21-6-5-14-32-18-21;;;/h1-2,5-7,9,11-12,14,17-18,24,27,29,33-35H,3-4,8,10,13,15-16,19-20,31H2;3*1H/t24?,27-,29+;;;/m1.../s1. The Morgan fingerprint density at radius 1 is 1.07 bits per heavy atom.